The molecular formula is C9H11BrClNO2S. The van der Waals surface area contributed by atoms with E-state index in [0.717, 1.165) is 4.47 Å². The molecule has 0 aliphatic carbocycles. The van der Waals surface area contributed by atoms with Crippen LogP contribution < -0.4 is 4.72 Å². The molecule has 0 saturated heterocycles. The highest BCUT2D eigenvalue weighted by Crippen LogP contribution is 2.22. The zero-order valence-corrected chi connectivity index (χ0v) is 11.3. The number of rotatable bonds is 4. The third-order valence-corrected chi connectivity index (χ3v) is 4.55. The molecule has 0 saturated carbocycles. The fourth-order valence-electron chi connectivity index (χ4n) is 1.13. The zero-order chi connectivity index (χ0) is 11.5. The van der Waals surface area contributed by atoms with Crippen molar-refractivity contribution < 1.29 is 8.42 Å². The van der Waals surface area contributed by atoms with Crippen LogP contribution in [0.15, 0.2) is 27.6 Å². The molecule has 0 amide bonds. The summed E-state index contributed by atoms with van der Waals surface area (Å²) < 4.78 is 26.7. The highest BCUT2D eigenvalue weighted by molar-refractivity contribution is 9.10. The summed E-state index contributed by atoms with van der Waals surface area (Å²) >= 11 is 8.72. The van der Waals surface area contributed by atoms with Crippen LogP contribution in [-0.4, -0.2) is 20.8 Å². The Balaban J connectivity index is 3.10. The molecule has 0 unspecified atom stereocenters. The molecule has 0 aliphatic rings. The molecule has 84 valence electrons. The van der Waals surface area contributed by atoms with Gasteiger partial charge in [0.2, 0.25) is 10.0 Å². The van der Waals surface area contributed by atoms with E-state index in [-0.39, 0.29) is 17.3 Å². The highest BCUT2D eigenvalue weighted by Gasteiger charge is 2.16. The van der Waals surface area contributed by atoms with E-state index in [0.29, 0.717) is 5.56 Å². The summed E-state index contributed by atoms with van der Waals surface area (Å²) in [5.74, 6) is 0.256. The van der Waals surface area contributed by atoms with Gasteiger partial charge in [0, 0.05) is 16.9 Å². The molecule has 0 fully saturated rings. The first-order chi connectivity index (χ1) is 6.99. The van der Waals surface area contributed by atoms with Crippen LogP contribution in [0, 0.1) is 6.92 Å². The molecule has 15 heavy (non-hydrogen) atoms. The Morgan fingerprint density at radius 3 is 2.73 bits per heavy atom. The van der Waals surface area contributed by atoms with E-state index >= 15 is 0 Å². The Bertz CT molecular complexity index is 447. The lowest BCUT2D eigenvalue weighted by molar-refractivity contribution is 0.583. The van der Waals surface area contributed by atoms with Crippen molar-refractivity contribution in [2.45, 2.75) is 11.8 Å². The number of halogens is 2. The number of benzene rings is 1. The molecule has 0 spiro atoms. The summed E-state index contributed by atoms with van der Waals surface area (Å²) in [6.45, 7) is 1.98. The Kier molecular flexibility index (Phi) is 4.58. The lowest BCUT2D eigenvalue weighted by Gasteiger charge is -2.09. The van der Waals surface area contributed by atoms with Gasteiger partial charge in [-0.1, -0.05) is 22.0 Å². The van der Waals surface area contributed by atoms with Crippen LogP contribution in [0.2, 0.25) is 0 Å². The smallest absolute Gasteiger partial charge is 0.210 e. The molecule has 0 aromatic heterocycles. The Labute approximate surface area is 103 Å². The van der Waals surface area contributed by atoms with E-state index in [1.165, 1.54) is 0 Å². The second-order valence-corrected chi connectivity index (χ2v) is 5.92. The summed E-state index contributed by atoms with van der Waals surface area (Å²) in [6, 6.07) is 5.05. The van der Waals surface area contributed by atoms with Crippen molar-refractivity contribution in [3.63, 3.8) is 0 Å². The summed E-state index contributed by atoms with van der Waals surface area (Å²) in [5, 5.41) is 0. The van der Waals surface area contributed by atoms with Crippen molar-refractivity contribution in [3.8, 4) is 0 Å². The van der Waals surface area contributed by atoms with Gasteiger partial charge in [-0.3, -0.25) is 0 Å². The first-order valence-electron chi connectivity index (χ1n) is 4.30. The van der Waals surface area contributed by atoms with E-state index in [1.54, 1.807) is 25.1 Å². The number of sulfonamides is 1. The minimum atomic E-state index is -3.44. The molecule has 6 heteroatoms. The average molecular weight is 313 g/mol. The summed E-state index contributed by atoms with van der Waals surface area (Å²) in [5.41, 5.74) is 0.694. The van der Waals surface area contributed by atoms with Crippen LogP contribution in [0.3, 0.4) is 0 Å². The fourth-order valence-corrected chi connectivity index (χ4v) is 3.13. The number of alkyl halides is 1. The number of hydrogen-bond donors (Lipinski definition) is 1. The van der Waals surface area contributed by atoms with Crippen molar-refractivity contribution in [1.29, 1.82) is 0 Å². The van der Waals surface area contributed by atoms with E-state index in [4.69, 9.17) is 11.6 Å². The lowest BCUT2D eigenvalue weighted by Crippen LogP contribution is -2.26. The van der Waals surface area contributed by atoms with Crippen molar-refractivity contribution >= 4 is 37.6 Å². The molecule has 1 aromatic carbocycles. The van der Waals surface area contributed by atoms with Gasteiger partial charge >= 0.3 is 0 Å². The van der Waals surface area contributed by atoms with Gasteiger partial charge in [0.25, 0.3) is 0 Å². The Morgan fingerprint density at radius 2 is 2.13 bits per heavy atom. The van der Waals surface area contributed by atoms with E-state index in [2.05, 4.69) is 20.7 Å². The summed E-state index contributed by atoms with van der Waals surface area (Å²) in [6.07, 6.45) is 0. The highest BCUT2D eigenvalue weighted by atomic mass is 79.9. The predicted octanol–water partition coefficient (Wildman–Crippen LogP) is 2.27. The second-order valence-electron chi connectivity index (χ2n) is 2.95. The van der Waals surface area contributed by atoms with Crippen LogP contribution in [0.25, 0.3) is 0 Å². The van der Waals surface area contributed by atoms with Gasteiger partial charge in [0.05, 0.1) is 4.90 Å². The SMILES string of the molecule is Cc1c(Br)cccc1S(=O)(=O)NCCCl. The third kappa shape index (κ3) is 3.17. The van der Waals surface area contributed by atoms with E-state index in [9.17, 15) is 8.42 Å². The third-order valence-electron chi connectivity index (χ3n) is 1.89. The molecule has 1 N–H and O–H groups in total. The van der Waals surface area contributed by atoms with Gasteiger partial charge in [-0.15, -0.1) is 11.6 Å². The fraction of sp³-hybridized carbons (Fsp3) is 0.333. The molecule has 1 aromatic rings. The second kappa shape index (κ2) is 5.30. The van der Waals surface area contributed by atoms with Crippen LogP contribution in [0.5, 0.6) is 0 Å². The van der Waals surface area contributed by atoms with Gasteiger partial charge in [0.15, 0.2) is 0 Å². The molecule has 0 atom stereocenters. The van der Waals surface area contributed by atoms with Crippen molar-refractivity contribution in [1.82, 2.24) is 4.72 Å². The zero-order valence-electron chi connectivity index (χ0n) is 8.13. The van der Waals surface area contributed by atoms with Gasteiger partial charge in [-0.2, -0.15) is 0 Å². The predicted molar refractivity (Wildman–Crippen MR) is 64.8 cm³/mol. The van der Waals surface area contributed by atoms with Gasteiger partial charge in [-0.05, 0) is 24.6 Å². The van der Waals surface area contributed by atoms with Crippen LogP contribution >= 0.6 is 27.5 Å². The maximum absolute atomic E-state index is 11.8. The van der Waals surface area contributed by atoms with Gasteiger partial charge < -0.3 is 0 Å². The minimum Gasteiger partial charge on any atom is -0.210 e. The maximum atomic E-state index is 11.8. The van der Waals surface area contributed by atoms with Crippen LogP contribution in [0.1, 0.15) is 5.56 Å². The molecule has 1 rings (SSSR count). The van der Waals surface area contributed by atoms with Crippen molar-refractivity contribution in [2.24, 2.45) is 0 Å². The molecule has 0 bridgehead atoms. The lowest BCUT2D eigenvalue weighted by atomic mass is 10.2. The normalized spacial score (nSPS) is 11.7. The topological polar surface area (TPSA) is 46.2 Å². The van der Waals surface area contributed by atoms with E-state index in [1.807, 2.05) is 0 Å². The minimum absolute atomic E-state index is 0.232. The van der Waals surface area contributed by atoms with Gasteiger partial charge in [0.1, 0.15) is 0 Å². The summed E-state index contributed by atoms with van der Waals surface area (Å²) in [7, 11) is -3.44. The molecule has 0 aliphatic heterocycles. The number of nitrogens with one attached hydrogen (secondary N) is 1. The first-order valence-corrected chi connectivity index (χ1v) is 7.11. The molecule has 0 radical (unpaired) electrons. The molecule has 3 nitrogen and oxygen atoms in total. The largest absolute Gasteiger partial charge is 0.240 e. The Morgan fingerprint density at radius 1 is 1.47 bits per heavy atom. The summed E-state index contributed by atoms with van der Waals surface area (Å²) in [4.78, 5) is 0.280. The van der Waals surface area contributed by atoms with Crippen LogP contribution in [-0.2, 0) is 10.0 Å². The monoisotopic (exact) mass is 311 g/mol. The standard InChI is InChI=1S/C9H11BrClNO2S/c1-7-8(10)3-2-4-9(7)15(13,14)12-6-5-11/h2-4,12H,5-6H2,1H3. The van der Waals surface area contributed by atoms with Crippen LogP contribution in [0.4, 0.5) is 0 Å². The molecule has 0 heterocycles. The Hall–Kier alpha value is -0.100. The quantitative estimate of drug-likeness (QED) is 0.867. The van der Waals surface area contributed by atoms with Crippen molar-refractivity contribution in [2.75, 3.05) is 12.4 Å². The first kappa shape index (κ1) is 13.0. The van der Waals surface area contributed by atoms with Gasteiger partial charge in [-0.25, -0.2) is 13.1 Å². The molecular weight excluding hydrogens is 302 g/mol. The maximum Gasteiger partial charge on any atom is 0.240 e. The average Bonchev–Trinajstić information content (AvgIpc) is 2.19. The van der Waals surface area contributed by atoms with E-state index < -0.39 is 10.0 Å². The number of hydrogen-bond acceptors (Lipinski definition) is 2. The van der Waals surface area contributed by atoms with Crippen molar-refractivity contribution in [3.05, 3.63) is 28.2 Å².